The lowest BCUT2D eigenvalue weighted by Crippen LogP contribution is -2.35. The van der Waals surface area contributed by atoms with E-state index in [-0.39, 0.29) is 5.54 Å². The SMILES string of the molecule is Cc1ccc(Cn2cc(CNC(C)(C)C)c(C)n2)c(Cl)c1. The van der Waals surface area contributed by atoms with E-state index in [0.717, 1.165) is 22.8 Å². The summed E-state index contributed by atoms with van der Waals surface area (Å²) >= 11 is 6.29. The van der Waals surface area contributed by atoms with Crippen molar-refractivity contribution in [3.05, 3.63) is 51.8 Å². The Morgan fingerprint density at radius 3 is 2.52 bits per heavy atom. The Hall–Kier alpha value is -1.32. The van der Waals surface area contributed by atoms with Crippen molar-refractivity contribution in [2.45, 2.75) is 53.2 Å². The van der Waals surface area contributed by atoms with E-state index in [0.29, 0.717) is 6.54 Å². The molecule has 0 bridgehead atoms. The molecule has 1 aromatic carbocycles. The molecule has 0 aliphatic carbocycles. The standard InChI is InChI=1S/C17H24ClN3/c1-12-6-7-14(16(18)8-12)10-21-11-15(13(2)20-21)9-19-17(3,4)5/h6-8,11,19H,9-10H2,1-5H3. The Morgan fingerprint density at radius 2 is 1.90 bits per heavy atom. The second kappa shape index (κ2) is 6.20. The summed E-state index contributed by atoms with van der Waals surface area (Å²) in [5.74, 6) is 0. The van der Waals surface area contributed by atoms with Gasteiger partial charge in [0, 0.05) is 28.9 Å². The largest absolute Gasteiger partial charge is 0.308 e. The molecule has 3 nitrogen and oxygen atoms in total. The molecule has 4 heteroatoms. The molecule has 21 heavy (non-hydrogen) atoms. The zero-order valence-electron chi connectivity index (χ0n) is 13.5. The Balaban J connectivity index is 2.11. The third-order valence-electron chi connectivity index (χ3n) is 3.40. The Kier molecular flexibility index (Phi) is 4.74. The second-order valence-corrected chi connectivity index (χ2v) is 7.04. The van der Waals surface area contributed by atoms with Gasteiger partial charge in [-0.25, -0.2) is 0 Å². The van der Waals surface area contributed by atoms with Crippen LogP contribution >= 0.6 is 11.6 Å². The van der Waals surface area contributed by atoms with Crippen LogP contribution in [0.4, 0.5) is 0 Å². The quantitative estimate of drug-likeness (QED) is 0.922. The Labute approximate surface area is 132 Å². The molecule has 114 valence electrons. The summed E-state index contributed by atoms with van der Waals surface area (Å²) < 4.78 is 1.96. The van der Waals surface area contributed by atoms with E-state index in [2.05, 4.69) is 49.5 Å². The van der Waals surface area contributed by atoms with Crippen molar-refractivity contribution in [2.75, 3.05) is 0 Å². The highest BCUT2D eigenvalue weighted by Crippen LogP contribution is 2.19. The predicted molar refractivity (Wildman–Crippen MR) is 88.8 cm³/mol. The maximum absolute atomic E-state index is 6.29. The van der Waals surface area contributed by atoms with Crippen molar-refractivity contribution in [3.63, 3.8) is 0 Å². The van der Waals surface area contributed by atoms with Crippen LogP contribution in [0.1, 0.15) is 43.2 Å². The van der Waals surface area contributed by atoms with E-state index in [1.165, 1.54) is 11.1 Å². The molecule has 0 radical (unpaired) electrons. The number of nitrogens with zero attached hydrogens (tertiary/aromatic N) is 2. The molecule has 0 spiro atoms. The third kappa shape index (κ3) is 4.58. The van der Waals surface area contributed by atoms with Gasteiger partial charge in [0.1, 0.15) is 0 Å². The molecule has 2 aromatic rings. The minimum atomic E-state index is 0.106. The first-order valence-electron chi connectivity index (χ1n) is 7.27. The van der Waals surface area contributed by atoms with Gasteiger partial charge in [-0.15, -0.1) is 0 Å². The highest BCUT2D eigenvalue weighted by atomic mass is 35.5. The van der Waals surface area contributed by atoms with Crippen molar-refractivity contribution in [1.82, 2.24) is 15.1 Å². The molecular weight excluding hydrogens is 282 g/mol. The highest BCUT2D eigenvalue weighted by Gasteiger charge is 2.12. The number of rotatable bonds is 4. The lowest BCUT2D eigenvalue weighted by Gasteiger charge is -2.20. The minimum Gasteiger partial charge on any atom is -0.308 e. The van der Waals surface area contributed by atoms with E-state index < -0.39 is 0 Å². The van der Waals surface area contributed by atoms with Crippen LogP contribution in [0.15, 0.2) is 24.4 Å². The first-order chi connectivity index (χ1) is 9.74. The van der Waals surface area contributed by atoms with Crippen molar-refractivity contribution >= 4 is 11.6 Å². The van der Waals surface area contributed by atoms with Crippen LogP contribution < -0.4 is 5.32 Å². The molecule has 0 unspecified atom stereocenters. The summed E-state index contributed by atoms with van der Waals surface area (Å²) in [6.45, 7) is 12.1. The number of hydrogen-bond donors (Lipinski definition) is 1. The van der Waals surface area contributed by atoms with Gasteiger partial charge in [-0.2, -0.15) is 5.10 Å². The molecule has 1 aromatic heterocycles. The number of halogens is 1. The predicted octanol–water partition coefficient (Wildman–Crippen LogP) is 4.09. The first-order valence-corrected chi connectivity index (χ1v) is 7.65. The van der Waals surface area contributed by atoms with E-state index in [1.54, 1.807) is 0 Å². The molecule has 0 aliphatic rings. The normalized spacial score (nSPS) is 11.9. The van der Waals surface area contributed by atoms with Gasteiger partial charge in [-0.1, -0.05) is 23.7 Å². The summed E-state index contributed by atoms with van der Waals surface area (Å²) in [6, 6.07) is 6.15. The lowest BCUT2D eigenvalue weighted by molar-refractivity contribution is 0.423. The molecule has 1 heterocycles. The summed E-state index contributed by atoms with van der Waals surface area (Å²) in [6.07, 6.45) is 2.10. The van der Waals surface area contributed by atoms with E-state index in [1.807, 2.05) is 24.6 Å². The summed E-state index contributed by atoms with van der Waals surface area (Å²) in [5, 5.41) is 8.89. The number of aromatic nitrogens is 2. The van der Waals surface area contributed by atoms with Crippen LogP contribution in [0.2, 0.25) is 5.02 Å². The molecule has 0 saturated carbocycles. The van der Waals surface area contributed by atoms with Gasteiger partial charge >= 0.3 is 0 Å². The van der Waals surface area contributed by atoms with Crippen LogP contribution in [0.25, 0.3) is 0 Å². The lowest BCUT2D eigenvalue weighted by atomic mass is 10.1. The Bertz CT molecular complexity index is 623. The van der Waals surface area contributed by atoms with Gasteiger partial charge in [-0.3, -0.25) is 4.68 Å². The molecule has 2 rings (SSSR count). The fraction of sp³-hybridized carbons (Fsp3) is 0.471. The molecular formula is C17H24ClN3. The molecule has 0 amide bonds. The number of hydrogen-bond acceptors (Lipinski definition) is 2. The Morgan fingerprint density at radius 1 is 1.19 bits per heavy atom. The molecule has 0 aliphatic heterocycles. The second-order valence-electron chi connectivity index (χ2n) is 6.64. The summed E-state index contributed by atoms with van der Waals surface area (Å²) in [7, 11) is 0. The number of benzene rings is 1. The van der Waals surface area contributed by atoms with Gasteiger partial charge in [0.15, 0.2) is 0 Å². The van der Waals surface area contributed by atoms with Crippen LogP contribution in [0.3, 0.4) is 0 Å². The third-order valence-corrected chi connectivity index (χ3v) is 3.75. The van der Waals surface area contributed by atoms with E-state index >= 15 is 0 Å². The monoisotopic (exact) mass is 305 g/mol. The summed E-state index contributed by atoms with van der Waals surface area (Å²) in [5.41, 5.74) is 4.67. The van der Waals surface area contributed by atoms with E-state index in [4.69, 9.17) is 11.6 Å². The topological polar surface area (TPSA) is 29.9 Å². The maximum atomic E-state index is 6.29. The first kappa shape index (κ1) is 16.1. The average molecular weight is 306 g/mol. The number of nitrogens with one attached hydrogen (secondary N) is 1. The van der Waals surface area contributed by atoms with Gasteiger partial charge < -0.3 is 5.32 Å². The van der Waals surface area contributed by atoms with Crippen molar-refractivity contribution in [2.24, 2.45) is 0 Å². The summed E-state index contributed by atoms with van der Waals surface area (Å²) in [4.78, 5) is 0. The molecule has 0 atom stereocenters. The van der Waals surface area contributed by atoms with Gasteiger partial charge in [0.25, 0.3) is 0 Å². The molecule has 0 fully saturated rings. The van der Waals surface area contributed by atoms with Crippen molar-refractivity contribution < 1.29 is 0 Å². The van der Waals surface area contributed by atoms with Crippen LogP contribution in [0.5, 0.6) is 0 Å². The van der Waals surface area contributed by atoms with Gasteiger partial charge in [0.05, 0.1) is 12.2 Å². The van der Waals surface area contributed by atoms with Crippen molar-refractivity contribution in [3.8, 4) is 0 Å². The number of aryl methyl sites for hydroxylation is 2. The maximum Gasteiger partial charge on any atom is 0.0674 e. The minimum absolute atomic E-state index is 0.106. The zero-order chi connectivity index (χ0) is 15.6. The van der Waals surface area contributed by atoms with E-state index in [9.17, 15) is 0 Å². The molecule has 0 saturated heterocycles. The average Bonchev–Trinajstić information content (AvgIpc) is 2.70. The van der Waals surface area contributed by atoms with Crippen LogP contribution in [-0.2, 0) is 13.1 Å². The van der Waals surface area contributed by atoms with Gasteiger partial charge in [-0.05, 0) is 51.8 Å². The van der Waals surface area contributed by atoms with Gasteiger partial charge in [0.2, 0.25) is 0 Å². The fourth-order valence-corrected chi connectivity index (χ4v) is 2.42. The highest BCUT2D eigenvalue weighted by molar-refractivity contribution is 6.31. The van der Waals surface area contributed by atoms with Crippen LogP contribution in [-0.4, -0.2) is 15.3 Å². The smallest absolute Gasteiger partial charge is 0.0674 e. The fourth-order valence-electron chi connectivity index (χ4n) is 2.13. The zero-order valence-corrected chi connectivity index (χ0v) is 14.3. The van der Waals surface area contributed by atoms with Crippen LogP contribution in [0, 0.1) is 13.8 Å². The van der Waals surface area contributed by atoms with Crippen molar-refractivity contribution in [1.29, 1.82) is 0 Å². The molecule has 1 N–H and O–H groups in total.